The highest BCUT2D eigenvalue weighted by Gasteiger charge is 2.34. The summed E-state index contributed by atoms with van der Waals surface area (Å²) in [5, 5.41) is 2.34. The molecule has 1 aliphatic rings. The smallest absolute Gasteiger partial charge is 0.249 e. The summed E-state index contributed by atoms with van der Waals surface area (Å²) < 4.78 is 0. The van der Waals surface area contributed by atoms with Gasteiger partial charge in [0.2, 0.25) is 11.8 Å². The van der Waals surface area contributed by atoms with Crippen molar-refractivity contribution < 1.29 is 9.59 Å². The molecule has 2 amide bonds. The number of rotatable bonds is 3. The van der Waals surface area contributed by atoms with E-state index in [9.17, 15) is 9.59 Å². The Bertz CT molecular complexity index is 517. The number of carbonyl (C=O) groups excluding carboxylic acids is 2. The third kappa shape index (κ3) is 2.35. The molecule has 0 saturated carbocycles. The second kappa shape index (κ2) is 5.21. The Morgan fingerprint density at radius 1 is 1.42 bits per heavy atom. The van der Waals surface area contributed by atoms with Crippen molar-refractivity contribution in [1.82, 2.24) is 15.3 Å². The maximum Gasteiger partial charge on any atom is 0.249 e. The Hall–Kier alpha value is -2.18. The third-order valence-electron chi connectivity index (χ3n) is 3.22. The van der Waals surface area contributed by atoms with E-state index in [1.54, 1.807) is 4.90 Å². The van der Waals surface area contributed by atoms with Crippen LogP contribution in [0, 0.1) is 0 Å². The van der Waals surface area contributed by atoms with Crippen LogP contribution in [0.1, 0.15) is 25.8 Å². The number of hydrogen-bond donors (Lipinski definition) is 2. The maximum atomic E-state index is 11.9. The lowest BCUT2D eigenvalue weighted by Gasteiger charge is -2.35. The zero-order valence-corrected chi connectivity index (χ0v) is 11.0. The molecule has 1 aromatic rings. The molecule has 1 aromatic heterocycles. The molecule has 19 heavy (non-hydrogen) atoms. The van der Waals surface area contributed by atoms with Gasteiger partial charge in [-0.05, 0) is 12.8 Å². The van der Waals surface area contributed by atoms with E-state index in [1.165, 1.54) is 6.33 Å². The van der Waals surface area contributed by atoms with Crippen molar-refractivity contribution in [3.05, 3.63) is 11.9 Å². The molecular formula is C12H17N5O2. The number of imide groups is 1. The Labute approximate surface area is 111 Å². The van der Waals surface area contributed by atoms with Gasteiger partial charge in [-0.2, -0.15) is 0 Å². The van der Waals surface area contributed by atoms with Crippen LogP contribution in [-0.4, -0.2) is 34.4 Å². The van der Waals surface area contributed by atoms with Gasteiger partial charge < -0.3 is 10.6 Å². The van der Waals surface area contributed by atoms with Crippen LogP contribution in [0.5, 0.6) is 0 Å². The highest BCUT2D eigenvalue weighted by atomic mass is 16.2. The molecule has 0 aliphatic carbocycles. The van der Waals surface area contributed by atoms with E-state index in [2.05, 4.69) is 15.3 Å². The molecule has 0 aromatic carbocycles. The van der Waals surface area contributed by atoms with Gasteiger partial charge in [0.1, 0.15) is 24.0 Å². The first-order valence-electron chi connectivity index (χ1n) is 6.28. The van der Waals surface area contributed by atoms with Crippen LogP contribution in [0.2, 0.25) is 0 Å². The van der Waals surface area contributed by atoms with Crippen molar-refractivity contribution >= 4 is 23.5 Å². The monoisotopic (exact) mass is 263 g/mol. The van der Waals surface area contributed by atoms with Crippen LogP contribution in [0.15, 0.2) is 6.33 Å². The standard InChI is InChI=1S/C12H17N5O2/c1-3-7-10(13)14-6-15-11(7)17-5-9(18)16-12(19)8(17)4-2/h6,8H,3-5H2,1-2H3,(H2,13,14,15)(H,16,18,19). The van der Waals surface area contributed by atoms with Crippen molar-refractivity contribution in [2.24, 2.45) is 0 Å². The van der Waals surface area contributed by atoms with E-state index in [0.717, 1.165) is 5.56 Å². The van der Waals surface area contributed by atoms with Crippen molar-refractivity contribution in [2.45, 2.75) is 32.7 Å². The number of nitrogen functional groups attached to an aromatic ring is 1. The number of nitrogens with two attached hydrogens (primary N) is 1. The normalized spacial score (nSPS) is 19.5. The molecule has 0 bridgehead atoms. The summed E-state index contributed by atoms with van der Waals surface area (Å²) in [7, 11) is 0. The molecule has 2 rings (SSSR count). The predicted octanol–water partition coefficient (Wildman–Crippen LogP) is -0.137. The van der Waals surface area contributed by atoms with E-state index in [1.807, 2.05) is 13.8 Å². The summed E-state index contributed by atoms with van der Waals surface area (Å²) in [5.41, 5.74) is 6.60. The number of amides is 2. The first-order chi connectivity index (χ1) is 9.08. The van der Waals surface area contributed by atoms with Gasteiger partial charge in [0.05, 0.1) is 6.54 Å². The van der Waals surface area contributed by atoms with Gasteiger partial charge in [-0.3, -0.25) is 14.9 Å². The Balaban J connectivity index is 2.46. The second-order valence-electron chi connectivity index (χ2n) is 4.38. The number of anilines is 2. The molecule has 0 radical (unpaired) electrons. The molecule has 1 fully saturated rings. The molecule has 102 valence electrons. The number of carbonyl (C=O) groups is 2. The highest BCUT2D eigenvalue weighted by Crippen LogP contribution is 2.25. The van der Waals surface area contributed by atoms with Crippen LogP contribution < -0.4 is 16.0 Å². The molecule has 1 unspecified atom stereocenters. The summed E-state index contributed by atoms with van der Waals surface area (Å²) in [6.07, 6.45) is 2.59. The van der Waals surface area contributed by atoms with Gasteiger partial charge in [0, 0.05) is 5.56 Å². The van der Waals surface area contributed by atoms with Crippen molar-refractivity contribution in [1.29, 1.82) is 0 Å². The van der Waals surface area contributed by atoms with Crippen LogP contribution in [-0.2, 0) is 16.0 Å². The average molecular weight is 263 g/mol. The molecule has 7 nitrogen and oxygen atoms in total. The fraction of sp³-hybridized carbons (Fsp3) is 0.500. The molecule has 1 aliphatic heterocycles. The number of hydrogen-bond acceptors (Lipinski definition) is 6. The molecule has 0 spiro atoms. The highest BCUT2D eigenvalue weighted by molar-refractivity contribution is 6.04. The van der Waals surface area contributed by atoms with Crippen molar-refractivity contribution in [2.75, 3.05) is 17.2 Å². The van der Waals surface area contributed by atoms with Gasteiger partial charge in [0.25, 0.3) is 0 Å². The SMILES string of the molecule is CCc1c(N)ncnc1N1CC(=O)NC(=O)C1CC. The zero-order valence-electron chi connectivity index (χ0n) is 11.0. The molecular weight excluding hydrogens is 246 g/mol. The molecule has 7 heteroatoms. The van der Waals surface area contributed by atoms with Crippen LogP contribution >= 0.6 is 0 Å². The summed E-state index contributed by atoms with van der Waals surface area (Å²) in [6.45, 7) is 3.93. The minimum Gasteiger partial charge on any atom is -0.383 e. The Morgan fingerprint density at radius 2 is 2.16 bits per heavy atom. The van der Waals surface area contributed by atoms with Gasteiger partial charge in [0.15, 0.2) is 0 Å². The number of aromatic nitrogens is 2. The van der Waals surface area contributed by atoms with E-state index in [0.29, 0.717) is 24.5 Å². The second-order valence-corrected chi connectivity index (χ2v) is 4.38. The van der Waals surface area contributed by atoms with Gasteiger partial charge in [-0.25, -0.2) is 9.97 Å². The summed E-state index contributed by atoms with van der Waals surface area (Å²) in [6, 6.07) is -0.405. The minimum atomic E-state index is -0.405. The van der Waals surface area contributed by atoms with Crippen LogP contribution in [0.4, 0.5) is 11.6 Å². The first-order valence-corrected chi connectivity index (χ1v) is 6.28. The van der Waals surface area contributed by atoms with Crippen molar-refractivity contribution in [3.8, 4) is 0 Å². The lowest BCUT2D eigenvalue weighted by molar-refractivity contribution is -0.132. The lowest BCUT2D eigenvalue weighted by atomic mass is 10.1. The average Bonchev–Trinajstić information content (AvgIpc) is 2.37. The fourth-order valence-corrected chi connectivity index (χ4v) is 2.30. The van der Waals surface area contributed by atoms with E-state index < -0.39 is 6.04 Å². The largest absolute Gasteiger partial charge is 0.383 e. The summed E-state index contributed by atoms with van der Waals surface area (Å²) in [4.78, 5) is 33.3. The first kappa shape index (κ1) is 13.3. The van der Waals surface area contributed by atoms with E-state index in [-0.39, 0.29) is 18.4 Å². The minimum absolute atomic E-state index is 0.105. The van der Waals surface area contributed by atoms with Gasteiger partial charge >= 0.3 is 0 Å². The zero-order chi connectivity index (χ0) is 14.0. The lowest BCUT2D eigenvalue weighted by Crippen LogP contribution is -2.58. The van der Waals surface area contributed by atoms with Gasteiger partial charge in [-0.15, -0.1) is 0 Å². The molecule has 2 heterocycles. The van der Waals surface area contributed by atoms with E-state index >= 15 is 0 Å². The quantitative estimate of drug-likeness (QED) is 0.736. The molecule has 1 atom stereocenters. The van der Waals surface area contributed by atoms with Crippen LogP contribution in [0.3, 0.4) is 0 Å². The number of nitrogens with zero attached hydrogens (tertiary/aromatic N) is 3. The van der Waals surface area contributed by atoms with Crippen molar-refractivity contribution in [3.63, 3.8) is 0 Å². The number of nitrogens with one attached hydrogen (secondary N) is 1. The fourth-order valence-electron chi connectivity index (χ4n) is 2.30. The van der Waals surface area contributed by atoms with Gasteiger partial charge in [-0.1, -0.05) is 13.8 Å². The Kier molecular flexibility index (Phi) is 3.64. The molecule has 3 N–H and O–H groups in total. The number of piperazine rings is 1. The topological polar surface area (TPSA) is 101 Å². The maximum absolute atomic E-state index is 11.9. The molecule has 1 saturated heterocycles. The third-order valence-corrected chi connectivity index (χ3v) is 3.22. The summed E-state index contributed by atoms with van der Waals surface area (Å²) in [5.74, 6) is 0.345. The van der Waals surface area contributed by atoms with Crippen LogP contribution in [0.25, 0.3) is 0 Å². The summed E-state index contributed by atoms with van der Waals surface area (Å²) >= 11 is 0. The Morgan fingerprint density at radius 3 is 2.79 bits per heavy atom. The predicted molar refractivity (Wildman–Crippen MR) is 70.4 cm³/mol. The van der Waals surface area contributed by atoms with E-state index in [4.69, 9.17) is 5.73 Å².